The van der Waals surface area contributed by atoms with Crippen LogP contribution in [-0.4, -0.2) is 21.2 Å². The fourth-order valence-corrected chi connectivity index (χ4v) is 4.18. The first-order chi connectivity index (χ1) is 16.2. The van der Waals surface area contributed by atoms with E-state index in [0.717, 1.165) is 33.5 Å². The number of pyridine rings is 1. The van der Waals surface area contributed by atoms with Gasteiger partial charge < -0.3 is 19.7 Å². The fraction of sp³-hybridized carbons (Fsp3) is 0.379. The monoisotopic (exact) mass is 476 g/mol. The molecule has 0 aliphatic rings. The van der Waals surface area contributed by atoms with Crippen LogP contribution in [0, 0.1) is 34.6 Å². The van der Waals surface area contributed by atoms with Gasteiger partial charge in [0.1, 0.15) is 5.69 Å². The third-order valence-electron chi connectivity index (χ3n) is 6.40. The average Bonchev–Trinajstić information content (AvgIpc) is 2.76. The number of nitrogens with one attached hydrogen (secondary N) is 1. The van der Waals surface area contributed by atoms with Gasteiger partial charge in [0.05, 0.1) is 11.3 Å². The zero-order valence-electron chi connectivity index (χ0n) is 22.2. The van der Waals surface area contributed by atoms with Gasteiger partial charge in [0.2, 0.25) is 0 Å². The molecule has 2 aromatic carbocycles. The quantitative estimate of drug-likeness (QED) is 0.438. The van der Waals surface area contributed by atoms with Crippen molar-refractivity contribution in [2.75, 3.05) is 5.32 Å². The molecule has 0 amide bonds. The molecule has 2 N–H and O–H groups in total. The number of rotatable bonds is 6. The Bertz CT molecular complexity index is 1350. The van der Waals surface area contributed by atoms with Crippen molar-refractivity contribution >= 4 is 17.3 Å². The molecule has 1 unspecified atom stereocenters. The Hall–Kier alpha value is -3.38. The Labute approximate surface area is 207 Å². The van der Waals surface area contributed by atoms with E-state index < -0.39 is 17.7 Å². The average molecular weight is 477 g/mol. The maximum atomic E-state index is 13.6. The number of carbonyl (C=O) groups is 1. The SMILES string of the molecule is Cc1ccc(Nc2c(C)c(-c3ccc(C)c(C)c3)c(C(OC(C)(C)C)C(=O)O)n(C)c2=O)cc1C. The summed E-state index contributed by atoms with van der Waals surface area (Å²) in [5, 5.41) is 13.5. The van der Waals surface area contributed by atoms with Gasteiger partial charge >= 0.3 is 5.97 Å². The normalized spacial score (nSPS) is 12.5. The number of ether oxygens (including phenoxy) is 1. The largest absolute Gasteiger partial charge is 0.479 e. The number of aromatic nitrogens is 1. The van der Waals surface area contributed by atoms with Crippen molar-refractivity contribution in [3.8, 4) is 11.1 Å². The van der Waals surface area contributed by atoms with Crippen LogP contribution >= 0.6 is 0 Å². The number of hydrogen-bond donors (Lipinski definition) is 2. The molecule has 0 spiro atoms. The van der Waals surface area contributed by atoms with E-state index in [0.29, 0.717) is 22.5 Å². The van der Waals surface area contributed by atoms with Crippen molar-refractivity contribution in [3.63, 3.8) is 0 Å². The number of hydrogen-bond acceptors (Lipinski definition) is 4. The van der Waals surface area contributed by atoms with Gasteiger partial charge in [-0.2, -0.15) is 0 Å². The standard InChI is InChI=1S/C29H36N2O4/c1-16-10-12-21(14-18(16)3)23-20(5)24(30-22-13-11-17(2)19(4)15-22)27(32)31(9)25(23)26(28(33)34)35-29(6,7)8/h10-15,26,30H,1-9H3,(H,33,34). The number of aryl methyl sites for hydroxylation is 4. The van der Waals surface area contributed by atoms with Gasteiger partial charge in [0.15, 0.2) is 6.10 Å². The molecule has 35 heavy (non-hydrogen) atoms. The Morgan fingerprint density at radius 1 is 0.943 bits per heavy atom. The summed E-state index contributed by atoms with van der Waals surface area (Å²) in [5.41, 5.74) is 7.16. The Morgan fingerprint density at radius 3 is 2.03 bits per heavy atom. The third-order valence-corrected chi connectivity index (χ3v) is 6.40. The molecule has 0 aliphatic carbocycles. The molecule has 6 nitrogen and oxygen atoms in total. The van der Waals surface area contributed by atoms with Crippen molar-refractivity contribution in [1.29, 1.82) is 0 Å². The number of anilines is 2. The first-order valence-corrected chi connectivity index (χ1v) is 11.8. The highest BCUT2D eigenvalue weighted by atomic mass is 16.5. The van der Waals surface area contributed by atoms with Crippen LogP contribution in [0.3, 0.4) is 0 Å². The maximum Gasteiger partial charge on any atom is 0.339 e. The number of benzene rings is 2. The molecular formula is C29H36N2O4. The summed E-state index contributed by atoms with van der Waals surface area (Å²) in [6.07, 6.45) is -1.32. The minimum atomic E-state index is -1.32. The van der Waals surface area contributed by atoms with Crippen molar-refractivity contribution in [3.05, 3.63) is 80.3 Å². The lowest BCUT2D eigenvalue weighted by atomic mass is 9.92. The summed E-state index contributed by atoms with van der Waals surface area (Å²) in [4.78, 5) is 26.1. The predicted octanol–water partition coefficient (Wildman–Crippen LogP) is 6.28. The molecule has 0 saturated carbocycles. The second-order valence-corrected chi connectivity index (χ2v) is 10.3. The zero-order valence-corrected chi connectivity index (χ0v) is 22.2. The molecule has 186 valence electrons. The second kappa shape index (κ2) is 9.70. The molecule has 3 rings (SSSR count). The fourth-order valence-electron chi connectivity index (χ4n) is 4.18. The molecular weight excluding hydrogens is 440 g/mol. The minimum absolute atomic E-state index is 0.313. The van der Waals surface area contributed by atoms with E-state index in [2.05, 4.69) is 5.32 Å². The van der Waals surface area contributed by atoms with Crippen LogP contribution in [0.1, 0.15) is 60.4 Å². The van der Waals surface area contributed by atoms with Crippen LogP contribution in [-0.2, 0) is 16.6 Å². The number of aliphatic carboxylic acids is 1. The van der Waals surface area contributed by atoms with Gasteiger partial charge in [-0.25, -0.2) is 4.79 Å². The van der Waals surface area contributed by atoms with E-state index in [-0.39, 0.29) is 5.56 Å². The molecule has 0 saturated heterocycles. The van der Waals surface area contributed by atoms with Crippen molar-refractivity contribution < 1.29 is 14.6 Å². The van der Waals surface area contributed by atoms with Gasteiger partial charge in [0, 0.05) is 18.3 Å². The predicted molar refractivity (Wildman–Crippen MR) is 142 cm³/mol. The van der Waals surface area contributed by atoms with Crippen molar-refractivity contribution in [2.45, 2.75) is 67.1 Å². The van der Waals surface area contributed by atoms with E-state index >= 15 is 0 Å². The van der Waals surface area contributed by atoms with E-state index in [1.54, 1.807) is 27.8 Å². The van der Waals surface area contributed by atoms with Crippen LogP contribution in [0.15, 0.2) is 41.2 Å². The Kier molecular flexibility index (Phi) is 7.27. The lowest BCUT2D eigenvalue weighted by molar-refractivity contribution is -0.161. The van der Waals surface area contributed by atoms with Crippen LogP contribution < -0.4 is 10.9 Å². The highest BCUT2D eigenvalue weighted by Crippen LogP contribution is 2.38. The Balaban J connectivity index is 2.36. The molecule has 0 bridgehead atoms. The molecule has 0 fully saturated rings. The summed E-state index contributed by atoms with van der Waals surface area (Å²) in [7, 11) is 1.61. The lowest BCUT2D eigenvalue weighted by Gasteiger charge is -2.29. The molecule has 1 heterocycles. The number of nitrogens with zero attached hydrogens (tertiary/aromatic N) is 1. The van der Waals surface area contributed by atoms with Crippen LogP contribution in [0.4, 0.5) is 11.4 Å². The number of carboxylic acid groups (broad SMARTS) is 1. The summed E-state index contributed by atoms with van der Waals surface area (Å²) in [5.74, 6) is -1.14. The summed E-state index contributed by atoms with van der Waals surface area (Å²) < 4.78 is 7.41. The maximum absolute atomic E-state index is 13.6. The molecule has 1 atom stereocenters. The van der Waals surface area contributed by atoms with Gasteiger partial charge in [-0.05, 0) is 101 Å². The van der Waals surface area contributed by atoms with Crippen molar-refractivity contribution in [1.82, 2.24) is 4.57 Å². The topological polar surface area (TPSA) is 80.6 Å². The van der Waals surface area contributed by atoms with E-state index in [4.69, 9.17) is 4.74 Å². The van der Waals surface area contributed by atoms with Crippen LogP contribution in [0.25, 0.3) is 11.1 Å². The molecule has 6 heteroatoms. The first kappa shape index (κ1) is 26.2. The third kappa shape index (κ3) is 5.49. The van der Waals surface area contributed by atoms with E-state index in [1.165, 1.54) is 4.57 Å². The summed E-state index contributed by atoms with van der Waals surface area (Å²) in [6.45, 7) is 15.4. The molecule has 0 aliphatic heterocycles. The summed E-state index contributed by atoms with van der Waals surface area (Å²) in [6, 6.07) is 12.0. The Morgan fingerprint density at radius 2 is 1.51 bits per heavy atom. The van der Waals surface area contributed by atoms with Crippen molar-refractivity contribution in [2.24, 2.45) is 7.05 Å². The number of carboxylic acids is 1. The van der Waals surface area contributed by atoms with Gasteiger partial charge in [-0.1, -0.05) is 24.3 Å². The van der Waals surface area contributed by atoms with Gasteiger partial charge in [0.25, 0.3) is 5.56 Å². The first-order valence-electron chi connectivity index (χ1n) is 11.8. The smallest absolute Gasteiger partial charge is 0.339 e. The van der Waals surface area contributed by atoms with Gasteiger partial charge in [-0.3, -0.25) is 4.79 Å². The molecule has 1 aromatic heterocycles. The van der Waals surface area contributed by atoms with Crippen LogP contribution in [0.2, 0.25) is 0 Å². The minimum Gasteiger partial charge on any atom is -0.479 e. The molecule has 3 aromatic rings. The molecule has 0 radical (unpaired) electrons. The summed E-state index contributed by atoms with van der Waals surface area (Å²) >= 11 is 0. The lowest BCUT2D eigenvalue weighted by Crippen LogP contribution is -2.34. The van der Waals surface area contributed by atoms with Gasteiger partial charge in [-0.15, -0.1) is 0 Å². The van der Waals surface area contributed by atoms with E-state index in [1.807, 2.05) is 71.0 Å². The highest BCUT2D eigenvalue weighted by molar-refractivity contribution is 5.83. The highest BCUT2D eigenvalue weighted by Gasteiger charge is 2.33. The van der Waals surface area contributed by atoms with Crippen LogP contribution in [0.5, 0.6) is 0 Å². The zero-order chi connectivity index (χ0) is 26.2. The van der Waals surface area contributed by atoms with E-state index in [9.17, 15) is 14.7 Å². The second-order valence-electron chi connectivity index (χ2n) is 10.3.